The van der Waals surface area contributed by atoms with E-state index in [9.17, 15) is 8.42 Å². The molecule has 132 valence electrons. The van der Waals surface area contributed by atoms with Gasteiger partial charge in [-0.3, -0.25) is 10.3 Å². The molecule has 3 rings (SSSR count). The number of benzene rings is 2. The summed E-state index contributed by atoms with van der Waals surface area (Å²) >= 11 is 9.52. The predicted octanol–water partition coefficient (Wildman–Crippen LogP) is 2.08. The summed E-state index contributed by atoms with van der Waals surface area (Å²) in [5.74, 6) is -0.256. The highest BCUT2D eigenvalue weighted by Crippen LogP contribution is 2.44. The summed E-state index contributed by atoms with van der Waals surface area (Å²) in [5, 5.41) is 19.1. The van der Waals surface area contributed by atoms with Crippen LogP contribution in [-0.4, -0.2) is 20.7 Å². The number of nitrogens with one attached hydrogen (secondary N) is 3. The molecular weight excluding hydrogens is 432 g/mol. The number of fused-ring (bicyclic) bond motifs is 1. The molecule has 0 aromatic heterocycles. The molecule has 25 heavy (non-hydrogen) atoms. The van der Waals surface area contributed by atoms with Crippen molar-refractivity contribution < 1.29 is 8.42 Å². The molecule has 0 bridgehead atoms. The molecule has 0 aliphatic carbocycles. The Kier molecular flexibility index (Phi) is 4.54. The third kappa shape index (κ3) is 3.38. The van der Waals surface area contributed by atoms with Crippen LogP contribution in [0.5, 0.6) is 0 Å². The minimum absolute atomic E-state index is 0.0615. The summed E-state index contributed by atoms with van der Waals surface area (Å²) in [6, 6.07) is 10.1. The number of primary sulfonamides is 1. The fourth-order valence-corrected chi connectivity index (χ4v) is 4.44. The SMILES string of the molecule is N=C(N)NC1Nc2cc(Br)c(S(N)(=O)=O)cc2N1c1ccccc1Cl. The zero-order chi connectivity index (χ0) is 18.4. The average Bonchev–Trinajstić information content (AvgIpc) is 2.81. The molecule has 1 atom stereocenters. The Bertz CT molecular complexity index is 968. The Balaban J connectivity index is 2.21. The van der Waals surface area contributed by atoms with E-state index in [1.807, 2.05) is 0 Å². The molecule has 1 aliphatic rings. The van der Waals surface area contributed by atoms with E-state index in [0.29, 0.717) is 26.6 Å². The Hall–Kier alpha value is -2.01. The minimum atomic E-state index is -3.93. The van der Waals surface area contributed by atoms with Crippen LogP contribution in [0.3, 0.4) is 0 Å². The van der Waals surface area contributed by atoms with E-state index in [2.05, 4.69) is 26.6 Å². The summed E-state index contributed by atoms with van der Waals surface area (Å²) in [6.45, 7) is 0. The largest absolute Gasteiger partial charge is 0.370 e. The van der Waals surface area contributed by atoms with Crippen molar-refractivity contribution in [2.24, 2.45) is 10.9 Å². The second-order valence-electron chi connectivity index (χ2n) is 5.27. The summed E-state index contributed by atoms with van der Waals surface area (Å²) in [5.41, 5.74) is 7.22. The highest BCUT2D eigenvalue weighted by Gasteiger charge is 2.33. The molecule has 0 amide bonds. The summed E-state index contributed by atoms with van der Waals surface area (Å²) in [6.07, 6.45) is -0.630. The highest BCUT2D eigenvalue weighted by atomic mass is 79.9. The maximum absolute atomic E-state index is 11.8. The third-order valence-corrected chi connectivity index (χ3v) is 5.76. The first-order valence-electron chi connectivity index (χ1n) is 6.95. The summed E-state index contributed by atoms with van der Waals surface area (Å²) in [4.78, 5) is 1.65. The van der Waals surface area contributed by atoms with Crippen LogP contribution in [0.15, 0.2) is 45.8 Å². The van der Waals surface area contributed by atoms with E-state index in [-0.39, 0.29) is 10.9 Å². The minimum Gasteiger partial charge on any atom is -0.370 e. The van der Waals surface area contributed by atoms with Crippen molar-refractivity contribution in [2.75, 3.05) is 10.2 Å². The van der Waals surface area contributed by atoms with E-state index in [0.717, 1.165) is 0 Å². The first-order valence-corrected chi connectivity index (χ1v) is 9.67. The second-order valence-corrected chi connectivity index (χ2v) is 8.06. The van der Waals surface area contributed by atoms with E-state index in [1.165, 1.54) is 6.07 Å². The van der Waals surface area contributed by atoms with Gasteiger partial charge in [0.2, 0.25) is 10.0 Å². The van der Waals surface area contributed by atoms with Crippen LogP contribution in [0.1, 0.15) is 0 Å². The van der Waals surface area contributed by atoms with Gasteiger partial charge in [-0.15, -0.1) is 0 Å². The molecule has 0 fully saturated rings. The number of nitrogens with zero attached hydrogens (tertiary/aromatic N) is 1. The molecular formula is C14H14BrClN6O2S. The van der Waals surface area contributed by atoms with Crippen molar-refractivity contribution in [3.05, 3.63) is 45.9 Å². The summed E-state index contributed by atoms with van der Waals surface area (Å²) in [7, 11) is -3.93. The number of hydrogen-bond donors (Lipinski definition) is 5. The molecule has 0 saturated carbocycles. The zero-order valence-corrected chi connectivity index (χ0v) is 15.8. The van der Waals surface area contributed by atoms with Crippen molar-refractivity contribution in [3.8, 4) is 0 Å². The van der Waals surface area contributed by atoms with Gasteiger partial charge in [0, 0.05) is 4.47 Å². The van der Waals surface area contributed by atoms with Crippen LogP contribution in [0, 0.1) is 5.41 Å². The molecule has 1 heterocycles. The lowest BCUT2D eigenvalue weighted by molar-refractivity contribution is 0.597. The number of guanidine groups is 1. The Labute approximate surface area is 157 Å². The number of hydrogen-bond acceptors (Lipinski definition) is 5. The summed E-state index contributed by atoms with van der Waals surface area (Å²) < 4.78 is 24.0. The molecule has 1 aliphatic heterocycles. The van der Waals surface area contributed by atoms with Crippen molar-refractivity contribution >= 4 is 60.6 Å². The van der Waals surface area contributed by atoms with Gasteiger partial charge in [-0.2, -0.15) is 0 Å². The average molecular weight is 446 g/mol. The van der Waals surface area contributed by atoms with Gasteiger partial charge in [-0.25, -0.2) is 13.6 Å². The van der Waals surface area contributed by atoms with Gasteiger partial charge in [0.15, 0.2) is 12.2 Å². The van der Waals surface area contributed by atoms with Gasteiger partial charge >= 0.3 is 0 Å². The Morgan fingerprint density at radius 1 is 1.32 bits per heavy atom. The lowest BCUT2D eigenvalue weighted by Crippen LogP contribution is -2.50. The fourth-order valence-electron chi connectivity index (χ4n) is 2.59. The number of sulfonamides is 1. The highest BCUT2D eigenvalue weighted by molar-refractivity contribution is 9.10. The Morgan fingerprint density at radius 3 is 2.60 bits per heavy atom. The van der Waals surface area contributed by atoms with E-state index >= 15 is 0 Å². The number of nitrogens with two attached hydrogens (primary N) is 2. The third-order valence-electron chi connectivity index (χ3n) is 3.57. The van der Waals surface area contributed by atoms with Crippen molar-refractivity contribution in [1.29, 1.82) is 5.41 Å². The van der Waals surface area contributed by atoms with Gasteiger partial charge in [0.05, 0.1) is 27.0 Å². The van der Waals surface area contributed by atoms with Gasteiger partial charge in [0.25, 0.3) is 0 Å². The predicted molar refractivity (Wildman–Crippen MR) is 102 cm³/mol. The fraction of sp³-hybridized carbons (Fsp3) is 0.0714. The van der Waals surface area contributed by atoms with Crippen LogP contribution < -0.4 is 26.4 Å². The smallest absolute Gasteiger partial charge is 0.239 e. The first kappa shape index (κ1) is 17.8. The maximum atomic E-state index is 11.8. The van der Waals surface area contributed by atoms with E-state index < -0.39 is 16.3 Å². The quantitative estimate of drug-likeness (QED) is 0.362. The number of rotatable bonds is 3. The molecule has 2 aromatic carbocycles. The molecule has 0 spiro atoms. The standard InChI is InChI=1S/C14H14BrClN6O2S/c15-7-5-9-11(6-12(7)25(19,23)24)22(14(20-9)21-13(17)18)10-4-2-1-3-8(10)16/h1-6,14,20H,(H4,17,18,21)(H2,19,23,24). The second kappa shape index (κ2) is 6.37. The van der Waals surface area contributed by atoms with E-state index in [1.54, 1.807) is 35.2 Å². The Morgan fingerprint density at radius 2 is 2.00 bits per heavy atom. The van der Waals surface area contributed by atoms with Crippen molar-refractivity contribution in [1.82, 2.24) is 5.32 Å². The topological polar surface area (TPSA) is 137 Å². The maximum Gasteiger partial charge on any atom is 0.239 e. The van der Waals surface area contributed by atoms with Crippen LogP contribution in [0.4, 0.5) is 17.1 Å². The molecule has 1 unspecified atom stereocenters. The number of para-hydroxylation sites is 1. The monoisotopic (exact) mass is 444 g/mol. The lowest BCUT2D eigenvalue weighted by atomic mass is 10.2. The van der Waals surface area contributed by atoms with Crippen molar-refractivity contribution in [2.45, 2.75) is 11.2 Å². The molecule has 0 saturated heterocycles. The first-order chi connectivity index (χ1) is 11.7. The van der Waals surface area contributed by atoms with E-state index in [4.69, 9.17) is 27.9 Å². The lowest BCUT2D eigenvalue weighted by Gasteiger charge is -2.28. The molecule has 8 nitrogen and oxygen atoms in total. The van der Waals surface area contributed by atoms with Crippen LogP contribution in [0.25, 0.3) is 0 Å². The van der Waals surface area contributed by atoms with Gasteiger partial charge in [-0.1, -0.05) is 23.7 Å². The van der Waals surface area contributed by atoms with Crippen molar-refractivity contribution in [3.63, 3.8) is 0 Å². The molecule has 2 aromatic rings. The van der Waals surface area contributed by atoms with Gasteiger partial charge in [-0.05, 0) is 40.2 Å². The molecule has 11 heteroatoms. The van der Waals surface area contributed by atoms with Gasteiger partial charge in [0.1, 0.15) is 0 Å². The molecule has 7 N–H and O–H groups in total. The zero-order valence-electron chi connectivity index (χ0n) is 12.6. The van der Waals surface area contributed by atoms with Crippen LogP contribution in [0.2, 0.25) is 5.02 Å². The van der Waals surface area contributed by atoms with Gasteiger partial charge < -0.3 is 16.4 Å². The normalized spacial score (nSPS) is 16.3. The number of halogens is 2. The van der Waals surface area contributed by atoms with Crippen LogP contribution in [-0.2, 0) is 10.0 Å². The molecule has 0 radical (unpaired) electrons. The number of anilines is 3. The van der Waals surface area contributed by atoms with Crippen LogP contribution >= 0.6 is 27.5 Å².